The number of allylic oxidation sites excluding steroid dienone is 18. The molecule has 10 heteroatoms. The molecule has 0 fully saturated rings. The monoisotopic (exact) mass is 831 g/mol. The van der Waals surface area contributed by atoms with Crippen LogP contribution in [0, 0.1) is 0 Å². The topological polar surface area (TPSA) is 132 Å². The summed E-state index contributed by atoms with van der Waals surface area (Å²) in [5.41, 5.74) is 0. The van der Waals surface area contributed by atoms with E-state index in [4.69, 9.17) is 23.6 Å². The molecular formula is C48H79O9P. The predicted octanol–water partition coefficient (Wildman–Crippen LogP) is 12.2. The number of hydrogen-bond acceptors (Lipinski definition) is 8. The van der Waals surface area contributed by atoms with Gasteiger partial charge in [-0.15, -0.1) is 0 Å². The van der Waals surface area contributed by atoms with Crippen molar-refractivity contribution >= 4 is 13.8 Å². The molecule has 9 nitrogen and oxygen atoms in total. The molecule has 3 atom stereocenters. The molecule has 0 amide bonds. The second kappa shape index (κ2) is 43.7. The maximum atomic E-state index is 12.6. The van der Waals surface area contributed by atoms with Crippen LogP contribution in [0.1, 0.15) is 142 Å². The van der Waals surface area contributed by atoms with Gasteiger partial charge >= 0.3 is 13.8 Å². The second-order valence-corrected chi connectivity index (χ2v) is 15.4. The number of phosphoric ester groups is 1. The minimum atomic E-state index is -4.54. The van der Waals surface area contributed by atoms with Gasteiger partial charge in [0, 0.05) is 13.0 Å². The molecule has 0 bridgehead atoms. The number of hydrogen-bond donors (Lipinski definition) is 3. The van der Waals surface area contributed by atoms with Gasteiger partial charge in [-0.1, -0.05) is 149 Å². The molecule has 0 aromatic carbocycles. The molecule has 0 aromatic rings. The van der Waals surface area contributed by atoms with Gasteiger partial charge in [0.05, 0.1) is 26.4 Å². The first-order valence-electron chi connectivity index (χ1n) is 21.9. The molecule has 0 saturated carbocycles. The van der Waals surface area contributed by atoms with Gasteiger partial charge in [0.1, 0.15) is 12.2 Å². The summed E-state index contributed by atoms with van der Waals surface area (Å²) in [6, 6.07) is 0. The number of ether oxygens (including phenoxy) is 2. The number of carbonyl (C=O) groups excluding carboxylic acids is 1. The minimum Gasteiger partial charge on any atom is -0.457 e. The quantitative estimate of drug-likeness (QED) is 0.0239. The number of aliphatic hydroxyl groups excluding tert-OH is 2. The van der Waals surface area contributed by atoms with E-state index in [1.165, 1.54) is 0 Å². The van der Waals surface area contributed by atoms with E-state index in [0.29, 0.717) is 13.0 Å². The van der Waals surface area contributed by atoms with Gasteiger partial charge in [-0.25, -0.2) is 4.57 Å². The summed E-state index contributed by atoms with van der Waals surface area (Å²) in [5, 5.41) is 18.4. The highest BCUT2D eigenvalue weighted by Gasteiger charge is 2.26. The highest BCUT2D eigenvalue weighted by Crippen LogP contribution is 2.43. The van der Waals surface area contributed by atoms with Crippen LogP contribution < -0.4 is 0 Å². The van der Waals surface area contributed by atoms with E-state index in [1.807, 2.05) is 0 Å². The fraction of sp³-hybridized carbons (Fsp3) is 0.604. The normalized spacial score (nSPS) is 15.1. The van der Waals surface area contributed by atoms with Crippen molar-refractivity contribution in [1.82, 2.24) is 0 Å². The Hall–Kier alpha value is -2.88. The average Bonchev–Trinajstić information content (AvgIpc) is 3.21. The molecule has 0 heterocycles. The average molecular weight is 831 g/mol. The maximum absolute atomic E-state index is 12.6. The fourth-order valence-electron chi connectivity index (χ4n) is 5.19. The van der Waals surface area contributed by atoms with Crippen LogP contribution in [0.15, 0.2) is 109 Å². The van der Waals surface area contributed by atoms with Crippen molar-refractivity contribution < 1.29 is 43.0 Å². The Morgan fingerprint density at radius 2 is 0.931 bits per heavy atom. The van der Waals surface area contributed by atoms with Crippen molar-refractivity contribution in [2.45, 2.75) is 154 Å². The predicted molar refractivity (Wildman–Crippen MR) is 241 cm³/mol. The molecular weight excluding hydrogens is 751 g/mol. The van der Waals surface area contributed by atoms with Crippen molar-refractivity contribution in [2.24, 2.45) is 0 Å². The maximum Gasteiger partial charge on any atom is 0.472 e. The third-order valence-corrected chi connectivity index (χ3v) is 9.40. The van der Waals surface area contributed by atoms with Crippen molar-refractivity contribution in [2.75, 3.05) is 33.0 Å². The lowest BCUT2D eigenvalue weighted by molar-refractivity contribution is -0.154. The molecule has 3 unspecified atom stereocenters. The van der Waals surface area contributed by atoms with Crippen LogP contribution in [0.3, 0.4) is 0 Å². The van der Waals surface area contributed by atoms with Crippen LogP contribution in [0.2, 0.25) is 0 Å². The van der Waals surface area contributed by atoms with Crippen LogP contribution in [0.25, 0.3) is 0 Å². The van der Waals surface area contributed by atoms with E-state index in [-0.39, 0.29) is 13.0 Å². The second-order valence-electron chi connectivity index (χ2n) is 13.9. The van der Waals surface area contributed by atoms with E-state index < -0.39 is 45.8 Å². The van der Waals surface area contributed by atoms with Gasteiger partial charge in [-0.3, -0.25) is 13.8 Å². The Balaban J connectivity index is 4.31. The summed E-state index contributed by atoms with van der Waals surface area (Å²) in [6.45, 7) is 3.12. The minimum absolute atomic E-state index is 0.00590. The summed E-state index contributed by atoms with van der Waals surface area (Å²) in [5.74, 6) is -0.417. The first kappa shape index (κ1) is 55.1. The zero-order chi connectivity index (χ0) is 42.5. The van der Waals surface area contributed by atoms with Crippen LogP contribution in [-0.2, 0) is 27.9 Å². The Labute approximate surface area is 352 Å². The van der Waals surface area contributed by atoms with E-state index >= 15 is 0 Å². The van der Waals surface area contributed by atoms with E-state index in [1.54, 1.807) is 0 Å². The van der Waals surface area contributed by atoms with Crippen LogP contribution in [-0.4, -0.2) is 66.3 Å². The molecule has 0 aliphatic carbocycles. The third kappa shape index (κ3) is 42.7. The molecule has 0 radical (unpaired) electrons. The standard InChI is InChI=1S/C48H79O9P/c1-3-5-7-9-11-13-15-17-19-21-23-24-26-28-30-32-34-36-38-40-48(51)57-47(45-56-58(52,53)55-43-46(50)42-49)44-54-41-39-37-35-33-31-29-27-25-22-20-18-16-14-12-10-8-6-4-2/h5-8,11-14,17-20,23-25,27,31,33,46-47,49-50H,3-4,9-10,15-16,21-22,26,28-30,32,34-45H2,1-2H3,(H,52,53)/b7-5-,8-6-,13-11-,14-12-,19-17-,20-18-,24-23-,27-25-,33-31-. The summed E-state index contributed by atoms with van der Waals surface area (Å²) < 4.78 is 33.3. The van der Waals surface area contributed by atoms with Gasteiger partial charge < -0.3 is 24.6 Å². The molecule has 3 N–H and O–H groups in total. The molecule has 0 aliphatic heterocycles. The number of rotatable bonds is 40. The zero-order valence-corrected chi connectivity index (χ0v) is 36.9. The van der Waals surface area contributed by atoms with Crippen molar-refractivity contribution in [3.63, 3.8) is 0 Å². The van der Waals surface area contributed by atoms with Crippen LogP contribution in [0.5, 0.6) is 0 Å². The number of unbranched alkanes of at least 4 members (excludes halogenated alkanes) is 8. The summed E-state index contributed by atoms with van der Waals surface area (Å²) >= 11 is 0. The molecule has 0 aliphatic rings. The first-order valence-corrected chi connectivity index (χ1v) is 23.4. The smallest absolute Gasteiger partial charge is 0.457 e. The Kier molecular flexibility index (Phi) is 41.5. The van der Waals surface area contributed by atoms with Gasteiger partial charge in [0.25, 0.3) is 0 Å². The van der Waals surface area contributed by atoms with Crippen molar-refractivity contribution in [3.05, 3.63) is 109 Å². The lowest BCUT2D eigenvalue weighted by Gasteiger charge is -2.20. The fourth-order valence-corrected chi connectivity index (χ4v) is 5.98. The van der Waals surface area contributed by atoms with E-state index in [9.17, 15) is 19.4 Å². The summed E-state index contributed by atoms with van der Waals surface area (Å²) in [6.07, 6.45) is 56.2. The highest BCUT2D eigenvalue weighted by atomic mass is 31.2. The number of carbonyl (C=O) groups is 1. The van der Waals surface area contributed by atoms with Gasteiger partial charge in [0.2, 0.25) is 0 Å². The SMILES string of the molecule is CC/C=C\C/C=C\C/C=C\C/C=C\C/C=C\CCCCOCC(COP(=O)(O)OCC(O)CO)OC(=O)CCCCCCCC/C=C\C/C=C\C/C=C\C/C=C\CC. The van der Waals surface area contributed by atoms with Crippen LogP contribution >= 0.6 is 7.82 Å². The highest BCUT2D eigenvalue weighted by molar-refractivity contribution is 7.47. The van der Waals surface area contributed by atoms with E-state index in [0.717, 1.165) is 116 Å². The molecule has 330 valence electrons. The van der Waals surface area contributed by atoms with Crippen molar-refractivity contribution in [1.29, 1.82) is 0 Å². The number of phosphoric acid groups is 1. The molecule has 0 aromatic heterocycles. The lowest BCUT2D eigenvalue weighted by Crippen LogP contribution is -2.29. The lowest BCUT2D eigenvalue weighted by atomic mass is 10.1. The molecule has 0 rings (SSSR count). The largest absolute Gasteiger partial charge is 0.472 e. The zero-order valence-electron chi connectivity index (χ0n) is 36.0. The molecule has 58 heavy (non-hydrogen) atoms. The number of aliphatic hydroxyl groups is 2. The third-order valence-electron chi connectivity index (χ3n) is 8.45. The van der Waals surface area contributed by atoms with Gasteiger partial charge in [-0.05, 0) is 96.3 Å². The number of esters is 1. The summed E-state index contributed by atoms with van der Waals surface area (Å²) in [7, 11) is -4.54. The Morgan fingerprint density at radius 3 is 1.40 bits per heavy atom. The Morgan fingerprint density at radius 1 is 0.534 bits per heavy atom. The van der Waals surface area contributed by atoms with E-state index in [2.05, 4.69) is 123 Å². The van der Waals surface area contributed by atoms with Crippen LogP contribution in [0.4, 0.5) is 0 Å². The van der Waals surface area contributed by atoms with Gasteiger partial charge in [0.15, 0.2) is 0 Å². The molecule has 0 saturated heterocycles. The van der Waals surface area contributed by atoms with Crippen molar-refractivity contribution in [3.8, 4) is 0 Å². The van der Waals surface area contributed by atoms with Gasteiger partial charge in [-0.2, -0.15) is 0 Å². The first-order chi connectivity index (χ1) is 28.3. The molecule has 0 spiro atoms. The Bertz CT molecular complexity index is 1260. The summed E-state index contributed by atoms with van der Waals surface area (Å²) in [4.78, 5) is 22.6.